The Hall–Kier alpha value is -0.120. The van der Waals surface area contributed by atoms with Crippen molar-refractivity contribution in [1.29, 1.82) is 0 Å². The standard InChI is InChI=1S/C11H23N3/c1-10-7-12-8-11(10)9-14-5-3-13(2)4-6-14/h10-12H,3-9H2,1-2H3/t10-,11+/m1/s1. The van der Waals surface area contributed by atoms with E-state index in [2.05, 4.69) is 29.1 Å². The van der Waals surface area contributed by atoms with Crippen LogP contribution in [0.3, 0.4) is 0 Å². The van der Waals surface area contributed by atoms with Gasteiger partial charge in [-0.3, -0.25) is 0 Å². The summed E-state index contributed by atoms with van der Waals surface area (Å²) in [4.78, 5) is 5.06. The van der Waals surface area contributed by atoms with Crippen molar-refractivity contribution in [1.82, 2.24) is 15.1 Å². The largest absolute Gasteiger partial charge is 0.316 e. The van der Waals surface area contributed by atoms with E-state index >= 15 is 0 Å². The van der Waals surface area contributed by atoms with E-state index in [1.807, 2.05) is 0 Å². The Morgan fingerprint density at radius 1 is 1.14 bits per heavy atom. The molecule has 2 heterocycles. The topological polar surface area (TPSA) is 18.5 Å². The van der Waals surface area contributed by atoms with Gasteiger partial charge in [-0.2, -0.15) is 0 Å². The first kappa shape index (κ1) is 10.4. The van der Waals surface area contributed by atoms with Crippen molar-refractivity contribution in [2.75, 3.05) is 52.9 Å². The third-order valence-electron chi connectivity index (χ3n) is 3.77. The second-order valence-corrected chi connectivity index (χ2v) is 5.00. The van der Waals surface area contributed by atoms with Crippen LogP contribution in [0.2, 0.25) is 0 Å². The van der Waals surface area contributed by atoms with E-state index in [0.29, 0.717) is 0 Å². The van der Waals surface area contributed by atoms with Gasteiger partial charge in [-0.15, -0.1) is 0 Å². The van der Waals surface area contributed by atoms with E-state index in [4.69, 9.17) is 0 Å². The minimum absolute atomic E-state index is 0.870. The lowest BCUT2D eigenvalue weighted by atomic mass is 9.97. The maximum atomic E-state index is 3.48. The summed E-state index contributed by atoms with van der Waals surface area (Å²) in [7, 11) is 2.22. The molecule has 2 saturated heterocycles. The molecule has 0 amide bonds. The molecule has 1 N–H and O–H groups in total. The fourth-order valence-electron chi connectivity index (χ4n) is 2.47. The van der Waals surface area contributed by atoms with Crippen molar-refractivity contribution in [3.05, 3.63) is 0 Å². The number of piperazine rings is 1. The number of hydrogen-bond donors (Lipinski definition) is 1. The van der Waals surface area contributed by atoms with E-state index in [9.17, 15) is 0 Å². The van der Waals surface area contributed by atoms with Crippen LogP contribution < -0.4 is 5.32 Å². The van der Waals surface area contributed by atoms with Crippen LogP contribution in [0.25, 0.3) is 0 Å². The first-order chi connectivity index (χ1) is 6.75. The van der Waals surface area contributed by atoms with Crippen molar-refractivity contribution >= 4 is 0 Å². The predicted molar refractivity (Wildman–Crippen MR) is 59.5 cm³/mol. The smallest absolute Gasteiger partial charge is 0.0110 e. The van der Waals surface area contributed by atoms with Crippen molar-refractivity contribution < 1.29 is 0 Å². The van der Waals surface area contributed by atoms with Gasteiger partial charge < -0.3 is 15.1 Å². The number of likely N-dealkylation sites (N-methyl/N-ethyl adjacent to an activating group) is 1. The molecule has 0 aromatic heterocycles. The van der Waals surface area contributed by atoms with Crippen LogP contribution in [0, 0.1) is 11.8 Å². The molecule has 2 fully saturated rings. The fraction of sp³-hybridized carbons (Fsp3) is 1.00. The molecule has 0 bridgehead atoms. The summed E-state index contributed by atoms with van der Waals surface area (Å²) < 4.78 is 0. The van der Waals surface area contributed by atoms with E-state index in [1.165, 1.54) is 45.8 Å². The van der Waals surface area contributed by atoms with Gasteiger partial charge in [-0.05, 0) is 32.0 Å². The summed E-state index contributed by atoms with van der Waals surface area (Å²) in [5.74, 6) is 1.76. The molecule has 0 aromatic rings. The van der Waals surface area contributed by atoms with Crippen molar-refractivity contribution in [3.63, 3.8) is 0 Å². The van der Waals surface area contributed by atoms with Crippen LogP contribution in [0.4, 0.5) is 0 Å². The van der Waals surface area contributed by atoms with Crippen molar-refractivity contribution in [2.45, 2.75) is 6.92 Å². The molecule has 2 aliphatic heterocycles. The SMILES string of the molecule is C[C@@H]1CNC[C@H]1CN1CCN(C)CC1. The molecule has 0 unspecified atom stereocenters. The third-order valence-corrected chi connectivity index (χ3v) is 3.77. The lowest BCUT2D eigenvalue weighted by Crippen LogP contribution is -2.46. The number of rotatable bonds is 2. The van der Waals surface area contributed by atoms with Gasteiger partial charge in [0, 0.05) is 32.7 Å². The van der Waals surface area contributed by atoms with Crippen LogP contribution >= 0.6 is 0 Å². The summed E-state index contributed by atoms with van der Waals surface area (Å²) in [5, 5.41) is 3.48. The molecule has 3 heteroatoms. The van der Waals surface area contributed by atoms with E-state index in [1.54, 1.807) is 0 Å². The summed E-state index contributed by atoms with van der Waals surface area (Å²) in [6.07, 6.45) is 0. The molecule has 2 atom stereocenters. The zero-order chi connectivity index (χ0) is 9.97. The fourth-order valence-corrected chi connectivity index (χ4v) is 2.47. The summed E-state index contributed by atoms with van der Waals surface area (Å²) >= 11 is 0. The first-order valence-electron chi connectivity index (χ1n) is 5.87. The maximum Gasteiger partial charge on any atom is 0.0110 e. The Bertz CT molecular complexity index is 175. The highest BCUT2D eigenvalue weighted by Gasteiger charge is 2.26. The Labute approximate surface area is 87.4 Å². The van der Waals surface area contributed by atoms with Gasteiger partial charge in [0.05, 0.1) is 0 Å². The highest BCUT2D eigenvalue weighted by molar-refractivity contribution is 4.82. The van der Waals surface area contributed by atoms with E-state index < -0.39 is 0 Å². The van der Waals surface area contributed by atoms with Gasteiger partial charge >= 0.3 is 0 Å². The van der Waals surface area contributed by atoms with Crippen LogP contribution in [-0.4, -0.2) is 62.7 Å². The Balaban J connectivity index is 1.74. The molecular weight excluding hydrogens is 174 g/mol. The summed E-state index contributed by atoms with van der Waals surface area (Å²) in [6.45, 7) is 11.1. The van der Waals surface area contributed by atoms with Crippen LogP contribution in [0.15, 0.2) is 0 Å². The summed E-state index contributed by atoms with van der Waals surface area (Å²) in [6, 6.07) is 0. The second kappa shape index (κ2) is 4.60. The Kier molecular flexibility index (Phi) is 3.42. The van der Waals surface area contributed by atoms with Gasteiger partial charge in [0.2, 0.25) is 0 Å². The lowest BCUT2D eigenvalue weighted by Gasteiger charge is -2.34. The van der Waals surface area contributed by atoms with Crippen LogP contribution in [0.1, 0.15) is 6.92 Å². The highest BCUT2D eigenvalue weighted by atomic mass is 15.2. The molecular formula is C11H23N3. The van der Waals surface area contributed by atoms with Gasteiger partial charge in [-0.25, -0.2) is 0 Å². The molecule has 0 spiro atoms. The normalized spacial score (nSPS) is 36.4. The average molecular weight is 197 g/mol. The van der Waals surface area contributed by atoms with Crippen LogP contribution in [-0.2, 0) is 0 Å². The quantitative estimate of drug-likeness (QED) is 0.677. The molecule has 14 heavy (non-hydrogen) atoms. The minimum Gasteiger partial charge on any atom is -0.316 e. The van der Waals surface area contributed by atoms with Crippen LogP contribution in [0.5, 0.6) is 0 Å². The number of hydrogen-bond acceptors (Lipinski definition) is 3. The molecule has 0 saturated carbocycles. The number of nitrogens with one attached hydrogen (secondary N) is 1. The van der Waals surface area contributed by atoms with Gasteiger partial charge in [-0.1, -0.05) is 6.92 Å². The second-order valence-electron chi connectivity index (χ2n) is 5.00. The molecule has 0 radical (unpaired) electrons. The van der Waals surface area contributed by atoms with Gasteiger partial charge in [0.25, 0.3) is 0 Å². The van der Waals surface area contributed by atoms with E-state index in [-0.39, 0.29) is 0 Å². The molecule has 3 nitrogen and oxygen atoms in total. The third kappa shape index (κ3) is 2.47. The average Bonchev–Trinajstić information content (AvgIpc) is 2.56. The molecule has 0 aromatic carbocycles. The Morgan fingerprint density at radius 2 is 1.86 bits per heavy atom. The molecule has 82 valence electrons. The first-order valence-corrected chi connectivity index (χ1v) is 5.87. The van der Waals surface area contributed by atoms with Crippen molar-refractivity contribution in [2.24, 2.45) is 11.8 Å². The highest BCUT2D eigenvalue weighted by Crippen LogP contribution is 2.17. The minimum atomic E-state index is 0.870. The zero-order valence-electron chi connectivity index (χ0n) is 9.50. The monoisotopic (exact) mass is 197 g/mol. The zero-order valence-corrected chi connectivity index (χ0v) is 9.50. The van der Waals surface area contributed by atoms with E-state index in [0.717, 1.165) is 11.8 Å². The molecule has 2 rings (SSSR count). The molecule has 0 aliphatic carbocycles. The predicted octanol–water partition coefficient (Wildman–Crippen LogP) is 0.0893. The Morgan fingerprint density at radius 3 is 2.43 bits per heavy atom. The lowest BCUT2D eigenvalue weighted by molar-refractivity contribution is 0.131. The number of nitrogens with zero attached hydrogens (tertiary/aromatic N) is 2. The maximum absolute atomic E-state index is 3.48. The molecule has 2 aliphatic rings. The van der Waals surface area contributed by atoms with Crippen molar-refractivity contribution in [3.8, 4) is 0 Å². The summed E-state index contributed by atoms with van der Waals surface area (Å²) in [5.41, 5.74) is 0. The van der Waals surface area contributed by atoms with Gasteiger partial charge in [0.1, 0.15) is 0 Å². The van der Waals surface area contributed by atoms with Gasteiger partial charge in [0.15, 0.2) is 0 Å².